The molecule has 1 aromatic heterocycles. The van der Waals surface area contributed by atoms with Gasteiger partial charge in [-0.3, -0.25) is 9.78 Å². The van der Waals surface area contributed by atoms with Crippen LogP contribution >= 0.6 is 0 Å². The van der Waals surface area contributed by atoms with Crippen molar-refractivity contribution in [2.24, 2.45) is 11.8 Å². The molecule has 78 valence electrons. The Hall–Kier alpha value is -1.42. The summed E-state index contributed by atoms with van der Waals surface area (Å²) in [5.41, 5.74) is 6.90. The molecule has 3 N–H and O–H groups in total. The van der Waals surface area contributed by atoms with Crippen molar-refractivity contribution in [2.45, 2.75) is 12.5 Å². The number of fused-ring (bicyclic) bond motifs is 1. The van der Waals surface area contributed by atoms with E-state index in [-0.39, 0.29) is 11.7 Å². The molecule has 1 saturated carbocycles. The number of pyridine rings is 1. The van der Waals surface area contributed by atoms with Crippen molar-refractivity contribution in [2.75, 3.05) is 12.3 Å². The lowest BCUT2D eigenvalue weighted by molar-refractivity contribution is 0.0785. The molecular formula is C11H13N3O. The monoisotopic (exact) mass is 203 g/mol. The number of hydrogen-bond donors (Lipinski definition) is 2. The SMILES string of the molecule is Nc1ccncc1C(=O)C1C2CNC1C2. The van der Waals surface area contributed by atoms with E-state index in [1.807, 2.05) is 0 Å². The summed E-state index contributed by atoms with van der Waals surface area (Å²) in [7, 11) is 0. The topological polar surface area (TPSA) is 68.0 Å². The second-order valence-electron chi connectivity index (χ2n) is 4.36. The zero-order valence-electron chi connectivity index (χ0n) is 8.31. The van der Waals surface area contributed by atoms with E-state index in [9.17, 15) is 4.79 Å². The molecule has 4 nitrogen and oxygen atoms in total. The minimum atomic E-state index is 0.136. The van der Waals surface area contributed by atoms with Gasteiger partial charge < -0.3 is 11.1 Å². The molecule has 4 rings (SSSR count). The first-order valence-electron chi connectivity index (χ1n) is 5.24. The number of anilines is 1. The number of nitrogens with two attached hydrogens (primary N) is 1. The number of ketones is 1. The average molecular weight is 203 g/mol. The van der Waals surface area contributed by atoms with Crippen LogP contribution in [0.1, 0.15) is 16.8 Å². The summed E-state index contributed by atoms with van der Waals surface area (Å²) in [6.07, 6.45) is 4.33. The molecule has 0 radical (unpaired) electrons. The summed E-state index contributed by atoms with van der Waals surface area (Å²) in [5, 5.41) is 3.33. The molecule has 3 aliphatic rings. The molecule has 2 bridgehead atoms. The normalized spacial score (nSPS) is 32.4. The van der Waals surface area contributed by atoms with Gasteiger partial charge in [-0.15, -0.1) is 0 Å². The van der Waals surface area contributed by atoms with Gasteiger partial charge in [0.25, 0.3) is 0 Å². The molecule has 0 amide bonds. The third kappa shape index (κ3) is 1.18. The number of Topliss-reactive ketones (excluding diaryl/α,β-unsaturated/α-hetero) is 1. The third-order valence-corrected chi connectivity index (χ3v) is 3.56. The molecule has 3 heterocycles. The number of nitrogen functional groups attached to an aromatic ring is 1. The lowest BCUT2D eigenvalue weighted by Crippen LogP contribution is -2.42. The molecule has 0 spiro atoms. The van der Waals surface area contributed by atoms with Crippen LogP contribution in [0.25, 0.3) is 0 Å². The van der Waals surface area contributed by atoms with Crippen molar-refractivity contribution < 1.29 is 4.79 Å². The number of aromatic nitrogens is 1. The Morgan fingerprint density at radius 2 is 2.47 bits per heavy atom. The second kappa shape index (κ2) is 3.03. The lowest BCUT2D eigenvalue weighted by atomic mass is 9.70. The number of carbonyl (C=O) groups is 1. The van der Waals surface area contributed by atoms with E-state index >= 15 is 0 Å². The van der Waals surface area contributed by atoms with Crippen molar-refractivity contribution in [3.63, 3.8) is 0 Å². The van der Waals surface area contributed by atoms with Gasteiger partial charge in [-0.1, -0.05) is 0 Å². The zero-order valence-corrected chi connectivity index (χ0v) is 8.31. The van der Waals surface area contributed by atoms with Gasteiger partial charge in [0.15, 0.2) is 5.78 Å². The first-order valence-corrected chi connectivity index (χ1v) is 5.24. The summed E-state index contributed by atoms with van der Waals surface area (Å²) in [6.45, 7) is 0.973. The van der Waals surface area contributed by atoms with Crippen LogP contribution in [0.5, 0.6) is 0 Å². The molecular weight excluding hydrogens is 190 g/mol. The molecule has 3 atom stereocenters. The van der Waals surface area contributed by atoms with Crippen LogP contribution in [0.3, 0.4) is 0 Å². The van der Waals surface area contributed by atoms with Crippen LogP contribution in [0.15, 0.2) is 18.5 Å². The second-order valence-corrected chi connectivity index (χ2v) is 4.36. The summed E-state index contributed by atoms with van der Waals surface area (Å²) in [6, 6.07) is 2.06. The molecule has 3 fully saturated rings. The van der Waals surface area contributed by atoms with Crippen molar-refractivity contribution in [1.82, 2.24) is 10.3 Å². The van der Waals surface area contributed by atoms with E-state index in [1.165, 1.54) is 0 Å². The Balaban J connectivity index is 1.89. The van der Waals surface area contributed by atoms with Crippen LogP contribution in [-0.4, -0.2) is 23.4 Å². The quantitative estimate of drug-likeness (QED) is 0.685. The first kappa shape index (κ1) is 8.85. The fourth-order valence-electron chi connectivity index (χ4n) is 2.66. The fraction of sp³-hybridized carbons (Fsp3) is 0.455. The van der Waals surface area contributed by atoms with E-state index in [0.29, 0.717) is 23.2 Å². The molecule has 1 aromatic rings. The van der Waals surface area contributed by atoms with Crippen molar-refractivity contribution >= 4 is 11.5 Å². The smallest absolute Gasteiger partial charge is 0.171 e. The maximum atomic E-state index is 12.1. The molecule has 0 aromatic carbocycles. The zero-order chi connectivity index (χ0) is 10.4. The molecule has 4 heteroatoms. The van der Waals surface area contributed by atoms with Crippen molar-refractivity contribution in [3.05, 3.63) is 24.0 Å². The highest BCUT2D eigenvalue weighted by Crippen LogP contribution is 2.42. The molecule has 15 heavy (non-hydrogen) atoms. The van der Waals surface area contributed by atoms with E-state index < -0.39 is 0 Å². The minimum absolute atomic E-state index is 0.136. The summed E-state index contributed by atoms with van der Waals surface area (Å²) in [4.78, 5) is 16.1. The standard InChI is InChI=1S/C11H13N3O/c12-8-1-2-13-5-7(8)11(15)10-6-3-9(10)14-4-6/h1-2,5-6,9-10,14H,3-4H2,(H2,12,13). The number of nitrogens with one attached hydrogen (secondary N) is 1. The van der Waals surface area contributed by atoms with Crippen LogP contribution in [-0.2, 0) is 0 Å². The Bertz CT molecular complexity index is 404. The van der Waals surface area contributed by atoms with Crippen molar-refractivity contribution in [1.29, 1.82) is 0 Å². The van der Waals surface area contributed by atoms with Gasteiger partial charge >= 0.3 is 0 Å². The predicted octanol–water partition coefficient (Wildman–Crippen LogP) is 0.454. The predicted molar refractivity (Wildman–Crippen MR) is 56.4 cm³/mol. The molecule has 3 unspecified atom stereocenters. The van der Waals surface area contributed by atoms with Crippen molar-refractivity contribution in [3.8, 4) is 0 Å². The number of carbonyl (C=O) groups excluding carboxylic acids is 1. The summed E-state index contributed by atoms with van der Waals surface area (Å²) in [5.74, 6) is 0.811. The van der Waals surface area contributed by atoms with Gasteiger partial charge in [-0.25, -0.2) is 0 Å². The van der Waals surface area contributed by atoms with E-state index in [4.69, 9.17) is 5.73 Å². The largest absolute Gasteiger partial charge is 0.398 e. The molecule has 2 saturated heterocycles. The maximum absolute atomic E-state index is 12.1. The van der Waals surface area contributed by atoms with Crippen LogP contribution < -0.4 is 11.1 Å². The maximum Gasteiger partial charge on any atom is 0.171 e. The van der Waals surface area contributed by atoms with E-state index in [0.717, 1.165) is 13.0 Å². The van der Waals surface area contributed by atoms with E-state index in [1.54, 1.807) is 18.5 Å². The number of rotatable bonds is 2. The number of hydrogen-bond acceptors (Lipinski definition) is 4. The Kier molecular flexibility index (Phi) is 1.79. The Morgan fingerprint density at radius 3 is 3.07 bits per heavy atom. The lowest BCUT2D eigenvalue weighted by Gasteiger charge is -2.33. The Morgan fingerprint density at radius 1 is 1.60 bits per heavy atom. The number of nitrogens with zero attached hydrogens (tertiary/aromatic N) is 1. The highest BCUT2D eigenvalue weighted by atomic mass is 16.1. The van der Waals surface area contributed by atoms with Gasteiger partial charge in [0, 0.05) is 30.0 Å². The van der Waals surface area contributed by atoms with Gasteiger partial charge in [-0.2, -0.15) is 0 Å². The highest BCUT2D eigenvalue weighted by molar-refractivity contribution is 6.03. The highest BCUT2D eigenvalue weighted by Gasteiger charge is 2.50. The Labute approximate surface area is 87.9 Å². The third-order valence-electron chi connectivity index (χ3n) is 3.56. The minimum Gasteiger partial charge on any atom is -0.398 e. The van der Waals surface area contributed by atoms with Gasteiger partial charge in [0.1, 0.15) is 0 Å². The summed E-state index contributed by atoms with van der Waals surface area (Å²) < 4.78 is 0. The van der Waals surface area contributed by atoms with Crippen LogP contribution in [0.2, 0.25) is 0 Å². The molecule has 1 aliphatic carbocycles. The van der Waals surface area contributed by atoms with Gasteiger partial charge in [-0.05, 0) is 24.9 Å². The fourth-order valence-corrected chi connectivity index (χ4v) is 2.66. The average Bonchev–Trinajstić information content (AvgIpc) is 2.79. The van der Waals surface area contributed by atoms with Crippen LogP contribution in [0, 0.1) is 11.8 Å². The summed E-state index contributed by atoms with van der Waals surface area (Å²) >= 11 is 0. The van der Waals surface area contributed by atoms with E-state index in [2.05, 4.69) is 10.3 Å². The first-order chi connectivity index (χ1) is 7.27. The van der Waals surface area contributed by atoms with Gasteiger partial charge in [0.05, 0.1) is 5.56 Å². The molecule has 2 aliphatic heterocycles. The van der Waals surface area contributed by atoms with Gasteiger partial charge in [0.2, 0.25) is 0 Å². The van der Waals surface area contributed by atoms with Crippen LogP contribution in [0.4, 0.5) is 5.69 Å².